The third-order valence-corrected chi connectivity index (χ3v) is 7.14. The standard InChI is InChI=1S/C32H20BrN3/c33-23-17-18-30-27(20-23)25-13-5-7-16-29(25)36(30)24-12-8-11-22(19-24)32-34-28-15-6-4-14-26(28)31(35-32)21-9-2-1-3-10-21/h1-20H. The molecule has 0 fully saturated rings. The molecular weight excluding hydrogens is 506 g/mol. The van der Waals surface area contributed by atoms with Crippen LogP contribution in [0.3, 0.4) is 0 Å². The van der Waals surface area contributed by atoms with Crippen molar-refractivity contribution in [2.24, 2.45) is 0 Å². The van der Waals surface area contributed by atoms with Gasteiger partial charge in [-0.1, -0.05) is 94.8 Å². The highest BCUT2D eigenvalue weighted by molar-refractivity contribution is 9.10. The fraction of sp³-hybridized carbons (Fsp3) is 0. The van der Waals surface area contributed by atoms with E-state index in [-0.39, 0.29) is 0 Å². The fourth-order valence-corrected chi connectivity index (χ4v) is 5.39. The molecule has 0 N–H and O–H groups in total. The first-order valence-corrected chi connectivity index (χ1v) is 12.7. The summed E-state index contributed by atoms with van der Waals surface area (Å²) in [4.78, 5) is 10.0. The van der Waals surface area contributed by atoms with Crippen molar-refractivity contribution in [3.8, 4) is 28.3 Å². The lowest BCUT2D eigenvalue weighted by atomic mass is 10.1. The molecule has 4 heteroatoms. The Hall–Kier alpha value is -4.28. The van der Waals surface area contributed by atoms with Gasteiger partial charge in [0.2, 0.25) is 0 Å². The van der Waals surface area contributed by atoms with E-state index in [0.29, 0.717) is 0 Å². The molecule has 0 unspecified atom stereocenters. The van der Waals surface area contributed by atoms with Crippen LogP contribution >= 0.6 is 15.9 Å². The molecule has 0 atom stereocenters. The zero-order chi connectivity index (χ0) is 24.1. The van der Waals surface area contributed by atoms with E-state index < -0.39 is 0 Å². The second kappa shape index (κ2) is 8.43. The Balaban J connectivity index is 1.46. The smallest absolute Gasteiger partial charge is 0.160 e. The van der Waals surface area contributed by atoms with Crippen LogP contribution in [0.1, 0.15) is 0 Å². The third-order valence-electron chi connectivity index (χ3n) is 6.65. The van der Waals surface area contributed by atoms with Gasteiger partial charge in [0.05, 0.1) is 22.2 Å². The maximum absolute atomic E-state index is 5.07. The van der Waals surface area contributed by atoms with Crippen molar-refractivity contribution in [3.63, 3.8) is 0 Å². The number of aromatic nitrogens is 3. The summed E-state index contributed by atoms with van der Waals surface area (Å²) in [6, 6.07) is 42.1. The third kappa shape index (κ3) is 3.42. The van der Waals surface area contributed by atoms with E-state index in [1.165, 1.54) is 21.8 Å². The van der Waals surface area contributed by atoms with Crippen LogP contribution in [0.4, 0.5) is 0 Å². The summed E-state index contributed by atoms with van der Waals surface area (Å²) in [5.41, 5.74) is 7.38. The number of fused-ring (bicyclic) bond motifs is 4. The highest BCUT2D eigenvalue weighted by atomic mass is 79.9. The molecule has 0 radical (unpaired) electrons. The molecule has 0 aliphatic carbocycles. The monoisotopic (exact) mass is 525 g/mol. The highest BCUT2D eigenvalue weighted by Crippen LogP contribution is 2.35. The maximum atomic E-state index is 5.07. The summed E-state index contributed by atoms with van der Waals surface area (Å²) >= 11 is 3.65. The zero-order valence-electron chi connectivity index (χ0n) is 19.3. The van der Waals surface area contributed by atoms with Crippen molar-refractivity contribution >= 4 is 48.6 Å². The van der Waals surface area contributed by atoms with Crippen LogP contribution in [0.25, 0.3) is 61.0 Å². The molecular formula is C32H20BrN3. The van der Waals surface area contributed by atoms with Crippen LogP contribution in [-0.4, -0.2) is 14.5 Å². The Labute approximate surface area is 216 Å². The zero-order valence-corrected chi connectivity index (χ0v) is 20.9. The molecule has 0 spiro atoms. The molecule has 170 valence electrons. The largest absolute Gasteiger partial charge is 0.309 e. The quantitative estimate of drug-likeness (QED) is 0.230. The van der Waals surface area contributed by atoms with Gasteiger partial charge < -0.3 is 4.57 Å². The van der Waals surface area contributed by atoms with Crippen LogP contribution in [0.2, 0.25) is 0 Å². The fourth-order valence-electron chi connectivity index (χ4n) is 5.03. The average Bonchev–Trinajstić information content (AvgIpc) is 3.26. The van der Waals surface area contributed by atoms with E-state index in [4.69, 9.17) is 9.97 Å². The van der Waals surface area contributed by atoms with E-state index in [2.05, 4.69) is 111 Å². The van der Waals surface area contributed by atoms with Gasteiger partial charge in [0.15, 0.2) is 5.82 Å². The van der Waals surface area contributed by atoms with Crippen LogP contribution in [-0.2, 0) is 0 Å². The molecule has 0 bridgehead atoms. The van der Waals surface area contributed by atoms with Crippen LogP contribution in [0.15, 0.2) is 126 Å². The Morgan fingerprint density at radius 1 is 0.528 bits per heavy atom. The normalized spacial score (nSPS) is 11.5. The van der Waals surface area contributed by atoms with E-state index in [0.717, 1.165) is 43.7 Å². The molecule has 0 amide bonds. The van der Waals surface area contributed by atoms with Gasteiger partial charge in [-0.25, -0.2) is 9.97 Å². The summed E-state index contributed by atoms with van der Waals surface area (Å²) < 4.78 is 3.39. The molecule has 36 heavy (non-hydrogen) atoms. The molecule has 3 nitrogen and oxygen atoms in total. The average molecular weight is 526 g/mol. The molecule has 0 aliphatic rings. The van der Waals surface area contributed by atoms with Gasteiger partial charge in [-0.05, 0) is 42.5 Å². The minimum Gasteiger partial charge on any atom is -0.309 e. The molecule has 0 saturated carbocycles. The van der Waals surface area contributed by atoms with Gasteiger partial charge in [0, 0.05) is 37.4 Å². The summed E-state index contributed by atoms with van der Waals surface area (Å²) in [5, 5.41) is 3.50. The SMILES string of the molecule is Brc1ccc2c(c1)c1ccccc1n2-c1cccc(-c2nc(-c3ccccc3)c3ccccc3n2)c1. The van der Waals surface area contributed by atoms with Crippen molar-refractivity contribution in [2.45, 2.75) is 0 Å². The van der Waals surface area contributed by atoms with E-state index in [9.17, 15) is 0 Å². The molecule has 0 aliphatic heterocycles. The highest BCUT2D eigenvalue weighted by Gasteiger charge is 2.15. The summed E-state index contributed by atoms with van der Waals surface area (Å²) in [7, 11) is 0. The van der Waals surface area contributed by atoms with Crippen LogP contribution < -0.4 is 0 Å². The second-order valence-corrected chi connectivity index (χ2v) is 9.76. The number of nitrogens with zero attached hydrogens (tertiary/aromatic N) is 3. The molecule has 7 rings (SSSR count). The van der Waals surface area contributed by atoms with Gasteiger partial charge in [0.25, 0.3) is 0 Å². The Bertz CT molecular complexity index is 1900. The predicted octanol–water partition coefficient (Wildman–Crippen LogP) is 8.82. The Morgan fingerprint density at radius 3 is 2.14 bits per heavy atom. The first-order chi connectivity index (χ1) is 17.8. The van der Waals surface area contributed by atoms with E-state index in [1.54, 1.807) is 0 Å². The number of para-hydroxylation sites is 2. The summed E-state index contributed by atoms with van der Waals surface area (Å²) in [6.45, 7) is 0. The predicted molar refractivity (Wildman–Crippen MR) is 152 cm³/mol. The second-order valence-electron chi connectivity index (χ2n) is 8.84. The molecule has 5 aromatic carbocycles. The lowest BCUT2D eigenvalue weighted by Crippen LogP contribution is -1.97. The first kappa shape index (κ1) is 21.0. The first-order valence-electron chi connectivity index (χ1n) is 11.9. The van der Waals surface area contributed by atoms with Crippen molar-refractivity contribution in [3.05, 3.63) is 126 Å². The van der Waals surface area contributed by atoms with E-state index in [1.807, 2.05) is 30.3 Å². The maximum Gasteiger partial charge on any atom is 0.160 e. The molecule has 0 saturated heterocycles. The topological polar surface area (TPSA) is 30.7 Å². The molecule has 7 aromatic rings. The van der Waals surface area contributed by atoms with Gasteiger partial charge in [-0.3, -0.25) is 0 Å². The van der Waals surface area contributed by atoms with Crippen molar-refractivity contribution in [2.75, 3.05) is 0 Å². The number of hydrogen-bond donors (Lipinski definition) is 0. The van der Waals surface area contributed by atoms with Gasteiger partial charge in [-0.15, -0.1) is 0 Å². The van der Waals surface area contributed by atoms with Gasteiger partial charge in [-0.2, -0.15) is 0 Å². The molecule has 2 aromatic heterocycles. The van der Waals surface area contributed by atoms with Crippen molar-refractivity contribution < 1.29 is 0 Å². The number of hydrogen-bond acceptors (Lipinski definition) is 2. The number of benzene rings is 5. The Morgan fingerprint density at radius 2 is 1.25 bits per heavy atom. The summed E-state index contributed by atoms with van der Waals surface area (Å²) in [5.74, 6) is 0.720. The Kier molecular flexibility index (Phi) is 4.93. The minimum absolute atomic E-state index is 0.720. The lowest BCUT2D eigenvalue weighted by molar-refractivity contribution is 1.17. The van der Waals surface area contributed by atoms with E-state index >= 15 is 0 Å². The number of rotatable bonds is 3. The summed E-state index contributed by atoms with van der Waals surface area (Å²) in [6.07, 6.45) is 0. The van der Waals surface area contributed by atoms with Crippen LogP contribution in [0.5, 0.6) is 0 Å². The number of halogens is 1. The van der Waals surface area contributed by atoms with Crippen molar-refractivity contribution in [1.29, 1.82) is 0 Å². The van der Waals surface area contributed by atoms with Gasteiger partial charge >= 0.3 is 0 Å². The minimum atomic E-state index is 0.720. The molecule has 2 heterocycles. The lowest BCUT2D eigenvalue weighted by Gasteiger charge is -2.12. The van der Waals surface area contributed by atoms with Crippen molar-refractivity contribution in [1.82, 2.24) is 14.5 Å². The van der Waals surface area contributed by atoms with Crippen LogP contribution in [0, 0.1) is 0 Å². The van der Waals surface area contributed by atoms with Gasteiger partial charge in [0.1, 0.15) is 0 Å².